The van der Waals surface area contributed by atoms with Crippen LogP contribution in [0.5, 0.6) is 0 Å². The first-order valence-electron chi connectivity index (χ1n) is 6.14. The number of alkyl halides is 1. The zero-order chi connectivity index (χ0) is 16.1. The van der Waals surface area contributed by atoms with E-state index < -0.39 is 24.6 Å². The Morgan fingerprint density at radius 2 is 2.32 bits per heavy atom. The summed E-state index contributed by atoms with van der Waals surface area (Å²) in [7, 11) is 0. The molecule has 0 aliphatic heterocycles. The van der Waals surface area contributed by atoms with Crippen molar-refractivity contribution < 1.29 is 23.6 Å². The minimum Gasteiger partial charge on any atom is -0.480 e. The summed E-state index contributed by atoms with van der Waals surface area (Å²) in [6, 6.07) is 0.305. The number of halogens is 2. The molecular weight excluding hydrogens is 381 g/mol. The van der Waals surface area contributed by atoms with Gasteiger partial charge in [0.25, 0.3) is 0 Å². The molecular formula is C12H11BrFN3O4S. The van der Waals surface area contributed by atoms with Crippen molar-refractivity contribution in [2.24, 2.45) is 0 Å². The van der Waals surface area contributed by atoms with Gasteiger partial charge in [0.05, 0.1) is 4.88 Å². The Balaban J connectivity index is 1.88. The third-order valence-corrected chi connectivity index (χ3v) is 4.30. The van der Waals surface area contributed by atoms with Crippen LogP contribution in [0.15, 0.2) is 20.4 Å². The van der Waals surface area contributed by atoms with E-state index in [4.69, 9.17) is 9.63 Å². The highest BCUT2D eigenvalue weighted by Crippen LogP contribution is 2.27. The molecule has 10 heteroatoms. The highest BCUT2D eigenvalue weighted by Gasteiger charge is 2.20. The molecule has 0 bridgehead atoms. The summed E-state index contributed by atoms with van der Waals surface area (Å²) in [4.78, 5) is 27.1. The Morgan fingerprint density at radius 1 is 1.55 bits per heavy atom. The molecule has 0 aliphatic rings. The number of thiophene rings is 1. The van der Waals surface area contributed by atoms with Gasteiger partial charge < -0.3 is 14.9 Å². The second-order valence-corrected chi connectivity index (χ2v) is 6.08. The third kappa shape index (κ3) is 4.34. The molecule has 2 N–H and O–H groups in total. The number of aryl methyl sites for hydroxylation is 1. The number of nitrogens with one attached hydrogen (secondary N) is 1. The maximum Gasteiger partial charge on any atom is 0.328 e. The molecule has 0 saturated heterocycles. The number of amides is 1. The first-order chi connectivity index (χ1) is 10.5. The third-order valence-electron chi connectivity index (χ3n) is 2.61. The van der Waals surface area contributed by atoms with Crippen LogP contribution in [0.4, 0.5) is 4.39 Å². The highest BCUT2D eigenvalue weighted by atomic mass is 79.9. The Hall–Kier alpha value is -1.81. The molecule has 0 saturated carbocycles. The fraction of sp³-hybridized carbons (Fsp3) is 0.333. The van der Waals surface area contributed by atoms with Gasteiger partial charge in [0, 0.05) is 22.7 Å². The van der Waals surface area contributed by atoms with E-state index >= 15 is 0 Å². The van der Waals surface area contributed by atoms with E-state index in [1.807, 2.05) is 11.4 Å². The Bertz CT molecular complexity index is 675. The second kappa shape index (κ2) is 7.45. The van der Waals surface area contributed by atoms with E-state index in [1.165, 1.54) is 11.3 Å². The quantitative estimate of drug-likeness (QED) is 0.747. The van der Waals surface area contributed by atoms with Crippen LogP contribution in [0.3, 0.4) is 0 Å². The monoisotopic (exact) mass is 391 g/mol. The second-order valence-electron chi connectivity index (χ2n) is 4.25. The normalized spacial score (nSPS) is 12.1. The molecule has 0 aromatic carbocycles. The van der Waals surface area contributed by atoms with E-state index in [0.717, 1.165) is 9.35 Å². The molecule has 2 heterocycles. The van der Waals surface area contributed by atoms with Gasteiger partial charge in [0.2, 0.25) is 17.6 Å². The van der Waals surface area contributed by atoms with Crippen molar-refractivity contribution in [3.05, 3.63) is 21.8 Å². The van der Waals surface area contributed by atoms with Crippen LogP contribution in [-0.2, 0) is 16.0 Å². The highest BCUT2D eigenvalue weighted by molar-refractivity contribution is 9.10. The van der Waals surface area contributed by atoms with E-state index in [0.29, 0.717) is 5.82 Å². The average molecular weight is 392 g/mol. The van der Waals surface area contributed by atoms with Crippen molar-refractivity contribution in [1.82, 2.24) is 15.5 Å². The van der Waals surface area contributed by atoms with Crippen molar-refractivity contribution in [3.63, 3.8) is 0 Å². The summed E-state index contributed by atoms with van der Waals surface area (Å²) in [6.07, 6.45) is 0.0730. The lowest BCUT2D eigenvalue weighted by molar-refractivity contribution is -0.142. The number of carbonyl (C=O) groups excluding carboxylic acids is 1. The van der Waals surface area contributed by atoms with Gasteiger partial charge in [-0.25, -0.2) is 9.18 Å². The fourth-order valence-electron chi connectivity index (χ4n) is 1.54. The van der Waals surface area contributed by atoms with Crippen molar-refractivity contribution in [1.29, 1.82) is 0 Å². The average Bonchev–Trinajstić information content (AvgIpc) is 3.10. The van der Waals surface area contributed by atoms with Crippen molar-refractivity contribution >= 4 is 39.1 Å². The standard InChI is InChI=1S/C12H11BrFN3O4S/c13-6-3-8(22-5-6)11-16-10(21-17-11)2-1-9(18)15-7(4-14)12(19)20/h3,5,7H,1-2,4H2,(H,15,18)(H,19,20). The number of carboxylic acid groups (broad SMARTS) is 1. The number of rotatable bonds is 7. The lowest BCUT2D eigenvalue weighted by Gasteiger charge is -2.09. The first kappa shape index (κ1) is 16.6. The molecule has 1 amide bonds. The zero-order valence-corrected chi connectivity index (χ0v) is 13.5. The van der Waals surface area contributed by atoms with Gasteiger partial charge >= 0.3 is 5.97 Å². The van der Waals surface area contributed by atoms with Gasteiger partial charge in [0.15, 0.2) is 6.04 Å². The summed E-state index contributed by atoms with van der Waals surface area (Å²) >= 11 is 4.76. The summed E-state index contributed by atoms with van der Waals surface area (Å²) in [5.41, 5.74) is 0. The number of aliphatic carboxylic acids is 1. The summed E-state index contributed by atoms with van der Waals surface area (Å²) in [5.74, 6) is -1.34. The van der Waals surface area contributed by atoms with E-state index in [-0.39, 0.29) is 18.7 Å². The number of hydrogen-bond acceptors (Lipinski definition) is 6. The lowest BCUT2D eigenvalue weighted by Crippen LogP contribution is -2.42. The Morgan fingerprint density at radius 3 is 2.91 bits per heavy atom. The first-order valence-corrected chi connectivity index (χ1v) is 7.82. The number of aromatic nitrogens is 2. The summed E-state index contributed by atoms with van der Waals surface area (Å²) in [5, 5.41) is 16.4. The molecule has 0 aliphatic carbocycles. The number of nitrogens with zero attached hydrogens (tertiary/aromatic N) is 2. The van der Waals surface area contributed by atoms with Gasteiger partial charge in [-0.1, -0.05) is 5.16 Å². The number of carbonyl (C=O) groups is 2. The number of carboxylic acids is 1. The smallest absolute Gasteiger partial charge is 0.328 e. The topological polar surface area (TPSA) is 105 Å². The minimum absolute atomic E-state index is 0.0699. The molecule has 22 heavy (non-hydrogen) atoms. The maximum absolute atomic E-state index is 12.4. The molecule has 0 spiro atoms. The van der Waals surface area contributed by atoms with Crippen molar-refractivity contribution in [2.45, 2.75) is 18.9 Å². The Kier molecular flexibility index (Phi) is 5.61. The van der Waals surface area contributed by atoms with Crippen LogP contribution < -0.4 is 5.32 Å². The van der Waals surface area contributed by atoms with Crippen molar-refractivity contribution in [2.75, 3.05) is 6.67 Å². The predicted molar refractivity (Wildman–Crippen MR) is 79.2 cm³/mol. The molecule has 118 valence electrons. The minimum atomic E-state index is -1.53. The molecule has 1 atom stereocenters. The molecule has 0 radical (unpaired) electrons. The van der Waals surface area contributed by atoms with Crippen molar-refractivity contribution in [3.8, 4) is 10.7 Å². The fourth-order valence-corrected chi connectivity index (χ4v) is 2.89. The van der Waals surface area contributed by atoms with E-state index in [1.54, 1.807) is 0 Å². The zero-order valence-electron chi connectivity index (χ0n) is 11.1. The molecule has 1 unspecified atom stereocenters. The van der Waals surface area contributed by atoms with Crippen LogP contribution >= 0.6 is 27.3 Å². The largest absolute Gasteiger partial charge is 0.480 e. The summed E-state index contributed by atoms with van der Waals surface area (Å²) < 4.78 is 18.3. The summed E-state index contributed by atoms with van der Waals surface area (Å²) in [6.45, 7) is -1.17. The SMILES string of the molecule is O=C(CCc1nc(-c2cc(Br)cs2)no1)NC(CF)C(=O)O. The predicted octanol–water partition coefficient (Wildman–Crippen LogP) is 2.03. The van der Waals surface area contributed by atoms with Crippen LogP contribution in [0, 0.1) is 0 Å². The molecule has 0 fully saturated rings. The van der Waals surface area contributed by atoms with Gasteiger partial charge in [-0.3, -0.25) is 4.79 Å². The maximum atomic E-state index is 12.4. The van der Waals surface area contributed by atoms with E-state index in [9.17, 15) is 14.0 Å². The molecule has 2 aromatic rings. The van der Waals surface area contributed by atoms with Gasteiger partial charge in [-0.15, -0.1) is 11.3 Å². The lowest BCUT2D eigenvalue weighted by atomic mass is 10.2. The van der Waals surface area contributed by atoms with Crippen LogP contribution in [0.25, 0.3) is 10.7 Å². The van der Waals surface area contributed by atoms with Crippen LogP contribution in [-0.4, -0.2) is 39.8 Å². The number of hydrogen-bond donors (Lipinski definition) is 2. The Labute approximate surface area is 136 Å². The van der Waals surface area contributed by atoms with Gasteiger partial charge in [-0.05, 0) is 22.0 Å². The van der Waals surface area contributed by atoms with Gasteiger partial charge in [-0.2, -0.15) is 4.98 Å². The molecule has 7 nitrogen and oxygen atoms in total. The van der Waals surface area contributed by atoms with Crippen LogP contribution in [0.2, 0.25) is 0 Å². The van der Waals surface area contributed by atoms with Crippen LogP contribution in [0.1, 0.15) is 12.3 Å². The van der Waals surface area contributed by atoms with E-state index in [2.05, 4.69) is 31.4 Å². The molecule has 2 rings (SSSR count). The van der Waals surface area contributed by atoms with Gasteiger partial charge in [0.1, 0.15) is 6.67 Å². The molecule has 2 aromatic heterocycles.